The third-order valence-electron chi connectivity index (χ3n) is 3.24. The van der Waals surface area contributed by atoms with Crippen LogP contribution in [0.1, 0.15) is 34.1 Å². The first-order valence-electron chi connectivity index (χ1n) is 6.00. The zero-order valence-corrected chi connectivity index (χ0v) is 10.7. The Morgan fingerprint density at radius 1 is 1.19 bits per heavy atom. The number of hydrogen-bond donors (Lipinski definition) is 0. The van der Waals surface area contributed by atoms with Gasteiger partial charge in [0, 0.05) is 12.4 Å². The van der Waals surface area contributed by atoms with Crippen LogP contribution in [-0.2, 0) is 0 Å². The van der Waals surface area contributed by atoms with Crippen molar-refractivity contribution in [2.24, 2.45) is 5.41 Å². The molecular weight excluding hydrogens is 194 g/mol. The van der Waals surface area contributed by atoms with E-state index >= 15 is 0 Å². The molecule has 2 aliphatic heterocycles. The molecule has 16 heavy (non-hydrogen) atoms. The van der Waals surface area contributed by atoms with Gasteiger partial charge in [-0.1, -0.05) is 38.5 Å². The molecule has 0 fully saturated rings. The second kappa shape index (κ2) is 3.97. The van der Waals surface area contributed by atoms with E-state index in [0.29, 0.717) is 6.04 Å². The molecule has 2 heterocycles. The van der Waals surface area contributed by atoms with Crippen molar-refractivity contribution < 1.29 is 0 Å². The highest BCUT2D eigenvalue weighted by Gasteiger charge is 2.22. The molecule has 86 valence electrons. The second-order valence-electron chi connectivity index (χ2n) is 5.70. The van der Waals surface area contributed by atoms with Gasteiger partial charge in [0.15, 0.2) is 0 Å². The van der Waals surface area contributed by atoms with Gasteiger partial charge in [-0.15, -0.1) is 0 Å². The molecule has 0 amide bonds. The van der Waals surface area contributed by atoms with E-state index in [1.807, 2.05) is 0 Å². The van der Waals surface area contributed by atoms with Gasteiger partial charge in [0.2, 0.25) is 0 Å². The number of rotatable bonds is 0. The average molecular weight is 215 g/mol. The van der Waals surface area contributed by atoms with Gasteiger partial charge in [-0.25, -0.2) is 0 Å². The molecule has 0 radical (unpaired) electrons. The normalized spacial score (nSPS) is 24.8. The summed E-state index contributed by atoms with van der Waals surface area (Å²) in [6.07, 6.45) is 14.6. The Hall–Kier alpha value is -1.24. The highest BCUT2D eigenvalue weighted by atomic mass is 15.1. The highest BCUT2D eigenvalue weighted by Crippen LogP contribution is 2.31. The number of allylic oxidation sites excluding steroid dienone is 4. The number of hydrogen-bond acceptors (Lipinski definition) is 1. The van der Waals surface area contributed by atoms with Crippen LogP contribution in [0.4, 0.5) is 0 Å². The van der Waals surface area contributed by atoms with E-state index < -0.39 is 0 Å². The predicted molar refractivity (Wildman–Crippen MR) is 69.8 cm³/mol. The van der Waals surface area contributed by atoms with E-state index in [9.17, 15) is 0 Å². The van der Waals surface area contributed by atoms with Crippen LogP contribution in [0.2, 0.25) is 0 Å². The third kappa shape index (κ3) is 2.29. The fourth-order valence-corrected chi connectivity index (χ4v) is 2.05. The molecule has 2 rings (SSSR count). The topological polar surface area (TPSA) is 3.24 Å². The Morgan fingerprint density at radius 3 is 2.56 bits per heavy atom. The van der Waals surface area contributed by atoms with Gasteiger partial charge in [-0.3, -0.25) is 0 Å². The van der Waals surface area contributed by atoms with Crippen LogP contribution in [0.5, 0.6) is 0 Å². The van der Waals surface area contributed by atoms with E-state index in [2.05, 4.69) is 69.3 Å². The first kappa shape index (κ1) is 11.3. The molecule has 0 aromatic rings. The van der Waals surface area contributed by atoms with Crippen LogP contribution in [0.15, 0.2) is 47.9 Å². The lowest BCUT2D eigenvalue weighted by molar-refractivity contribution is 0.406. The average Bonchev–Trinajstić information content (AvgIpc) is 2.39. The summed E-state index contributed by atoms with van der Waals surface area (Å²) < 4.78 is 0. The van der Waals surface area contributed by atoms with Crippen LogP contribution in [0.3, 0.4) is 0 Å². The predicted octanol–water partition coefficient (Wildman–Crippen LogP) is 4.02. The first-order chi connectivity index (χ1) is 7.47. The minimum absolute atomic E-state index is 0.247. The smallest absolute Gasteiger partial charge is 0.0551 e. The molecular formula is C15H21N. The molecule has 0 N–H and O–H groups in total. The van der Waals surface area contributed by atoms with E-state index in [-0.39, 0.29) is 5.41 Å². The van der Waals surface area contributed by atoms with Gasteiger partial charge in [-0.2, -0.15) is 0 Å². The van der Waals surface area contributed by atoms with E-state index in [0.717, 1.165) is 6.42 Å². The maximum absolute atomic E-state index is 2.40. The Bertz CT molecular complexity index is 388. The van der Waals surface area contributed by atoms with Crippen molar-refractivity contribution in [1.82, 2.24) is 4.90 Å². The molecule has 0 spiro atoms. The van der Waals surface area contributed by atoms with Gasteiger partial charge < -0.3 is 4.90 Å². The molecule has 0 saturated heterocycles. The Balaban J connectivity index is 2.26. The SMILES string of the molecule is CC1=CCC2C=C(C(C)(C)C)C=CN2C=C1. The van der Waals surface area contributed by atoms with Crippen molar-refractivity contribution in [2.75, 3.05) is 0 Å². The summed E-state index contributed by atoms with van der Waals surface area (Å²) >= 11 is 0. The van der Waals surface area contributed by atoms with Crippen molar-refractivity contribution in [2.45, 2.75) is 40.2 Å². The monoisotopic (exact) mass is 215 g/mol. The Morgan fingerprint density at radius 2 is 1.88 bits per heavy atom. The highest BCUT2D eigenvalue weighted by molar-refractivity contribution is 5.33. The number of nitrogens with zero attached hydrogens (tertiary/aromatic N) is 1. The largest absolute Gasteiger partial charge is 0.347 e. The summed E-state index contributed by atoms with van der Waals surface area (Å²) in [5.74, 6) is 0. The summed E-state index contributed by atoms with van der Waals surface area (Å²) in [5, 5.41) is 0. The molecule has 1 nitrogen and oxygen atoms in total. The van der Waals surface area contributed by atoms with Gasteiger partial charge >= 0.3 is 0 Å². The molecule has 1 unspecified atom stereocenters. The van der Waals surface area contributed by atoms with Crippen molar-refractivity contribution in [3.8, 4) is 0 Å². The molecule has 0 bridgehead atoms. The van der Waals surface area contributed by atoms with Crippen LogP contribution in [-0.4, -0.2) is 10.9 Å². The van der Waals surface area contributed by atoms with Crippen LogP contribution in [0, 0.1) is 5.41 Å². The summed E-state index contributed by atoms with van der Waals surface area (Å²) in [6.45, 7) is 8.97. The van der Waals surface area contributed by atoms with Crippen molar-refractivity contribution in [1.29, 1.82) is 0 Å². The Labute approximate surface area is 98.8 Å². The minimum atomic E-state index is 0.247. The molecule has 2 aliphatic rings. The lowest BCUT2D eigenvalue weighted by Gasteiger charge is -2.31. The van der Waals surface area contributed by atoms with Gasteiger partial charge in [0.05, 0.1) is 6.04 Å². The molecule has 0 aromatic heterocycles. The molecule has 1 heteroatoms. The van der Waals surface area contributed by atoms with Crippen LogP contribution < -0.4 is 0 Å². The zero-order chi connectivity index (χ0) is 11.8. The van der Waals surface area contributed by atoms with Crippen LogP contribution >= 0.6 is 0 Å². The standard InChI is InChI=1S/C15H21N/c1-12-5-6-14-11-13(15(2,3)4)8-10-16(14)9-7-12/h5,7-11,14H,6H2,1-4H3. The zero-order valence-electron chi connectivity index (χ0n) is 10.7. The Kier molecular flexibility index (Phi) is 2.79. The van der Waals surface area contributed by atoms with Gasteiger partial charge in [0.1, 0.15) is 0 Å². The molecule has 1 atom stereocenters. The molecule has 0 saturated carbocycles. The first-order valence-corrected chi connectivity index (χ1v) is 6.00. The second-order valence-corrected chi connectivity index (χ2v) is 5.70. The fourth-order valence-electron chi connectivity index (χ4n) is 2.05. The maximum atomic E-state index is 2.40. The fraction of sp³-hybridized carbons (Fsp3) is 0.467. The van der Waals surface area contributed by atoms with Crippen molar-refractivity contribution in [3.63, 3.8) is 0 Å². The number of fused-ring (bicyclic) bond motifs is 1. The summed E-state index contributed by atoms with van der Waals surface area (Å²) in [5.41, 5.74) is 3.04. The lowest BCUT2D eigenvalue weighted by Crippen LogP contribution is -2.27. The van der Waals surface area contributed by atoms with E-state index in [1.165, 1.54) is 11.1 Å². The quantitative estimate of drug-likeness (QED) is 0.590. The van der Waals surface area contributed by atoms with Crippen molar-refractivity contribution in [3.05, 3.63) is 47.9 Å². The van der Waals surface area contributed by atoms with Crippen molar-refractivity contribution >= 4 is 0 Å². The van der Waals surface area contributed by atoms with E-state index in [1.54, 1.807) is 0 Å². The minimum Gasteiger partial charge on any atom is -0.347 e. The van der Waals surface area contributed by atoms with Gasteiger partial charge in [0.25, 0.3) is 0 Å². The van der Waals surface area contributed by atoms with Gasteiger partial charge in [-0.05, 0) is 36.5 Å². The third-order valence-corrected chi connectivity index (χ3v) is 3.24. The maximum Gasteiger partial charge on any atom is 0.0551 e. The summed E-state index contributed by atoms with van der Waals surface area (Å²) in [7, 11) is 0. The van der Waals surface area contributed by atoms with Crippen LogP contribution in [0.25, 0.3) is 0 Å². The molecule has 0 aromatic carbocycles. The lowest BCUT2D eigenvalue weighted by atomic mass is 9.83. The molecule has 0 aliphatic carbocycles. The summed E-state index contributed by atoms with van der Waals surface area (Å²) in [4.78, 5) is 2.29. The van der Waals surface area contributed by atoms with E-state index in [4.69, 9.17) is 0 Å². The summed E-state index contributed by atoms with van der Waals surface area (Å²) in [6, 6.07) is 0.493.